The molecule has 7 heteroatoms. The number of aliphatic carboxylic acids is 1. The largest absolute Gasteiger partial charge is 0.480 e. The molecule has 0 heterocycles. The molecule has 1 aromatic rings. The summed E-state index contributed by atoms with van der Waals surface area (Å²) in [6, 6.07) is 3.36. The number of hydrogen-bond donors (Lipinski definition) is 3. The molecule has 0 saturated heterocycles. The Labute approximate surface area is 127 Å². The maximum Gasteiger partial charge on any atom is 0.325 e. The second-order valence-electron chi connectivity index (χ2n) is 5.24. The highest BCUT2D eigenvalue weighted by atomic mass is 19.1. The molecule has 2 amide bonds. The zero-order valence-corrected chi connectivity index (χ0v) is 12.6. The van der Waals surface area contributed by atoms with Gasteiger partial charge in [-0.1, -0.05) is 26.0 Å². The molecule has 22 heavy (non-hydrogen) atoms. The first-order chi connectivity index (χ1) is 10.2. The molecular formula is C15H19FN2O4. The van der Waals surface area contributed by atoms with Gasteiger partial charge in [-0.25, -0.2) is 4.39 Å². The van der Waals surface area contributed by atoms with Gasteiger partial charge in [0.15, 0.2) is 0 Å². The van der Waals surface area contributed by atoms with Gasteiger partial charge < -0.3 is 15.7 Å². The van der Waals surface area contributed by atoms with Crippen LogP contribution in [0.3, 0.4) is 0 Å². The fourth-order valence-corrected chi connectivity index (χ4v) is 1.76. The van der Waals surface area contributed by atoms with Crippen molar-refractivity contribution in [2.24, 2.45) is 5.92 Å². The minimum atomic E-state index is -1.18. The number of amides is 2. The van der Waals surface area contributed by atoms with E-state index in [0.29, 0.717) is 0 Å². The molecule has 0 saturated carbocycles. The summed E-state index contributed by atoms with van der Waals surface area (Å²) in [5, 5.41) is 13.5. The van der Waals surface area contributed by atoms with Gasteiger partial charge in [0.2, 0.25) is 5.91 Å². The third-order valence-electron chi connectivity index (χ3n) is 3.08. The number of carboxylic acids is 1. The van der Waals surface area contributed by atoms with Gasteiger partial charge in [0.25, 0.3) is 5.91 Å². The van der Waals surface area contributed by atoms with Crippen molar-refractivity contribution in [1.29, 1.82) is 0 Å². The first-order valence-corrected chi connectivity index (χ1v) is 6.82. The number of benzene rings is 1. The van der Waals surface area contributed by atoms with E-state index in [2.05, 4.69) is 10.6 Å². The summed E-state index contributed by atoms with van der Waals surface area (Å²) in [5.41, 5.74) is -0.174. The van der Waals surface area contributed by atoms with Crippen molar-refractivity contribution in [2.45, 2.75) is 32.9 Å². The lowest BCUT2D eigenvalue weighted by Gasteiger charge is -2.23. The Morgan fingerprint density at radius 3 is 2.18 bits per heavy atom. The molecule has 0 spiro atoms. The van der Waals surface area contributed by atoms with E-state index < -0.39 is 35.7 Å². The lowest BCUT2D eigenvalue weighted by Crippen LogP contribution is -2.53. The Kier molecular flexibility index (Phi) is 6.03. The van der Waals surface area contributed by atoms with E-state index in [4.69, 9.17) is 5.11 Å². The highest BCUT2D eigenvalue weighted by molar-refractivity contribution is 5.98. The van der Waals surface area contributed by atoms with Gasteiger partial charge in [-0.2, -0.15) is 0 Å². The van der Waals surface area contributed by atoms with Crippen molar-refractivity contribution >= 4 is 17.8 Å². The normalized spacial score (nSPS) is 13.3. The molecule has 3 N–H and O–H groups in total. The van der Waals surface area contributed by atoms with Crippen LogP contribution in [-0.2, 0) is 9.59 Å². The second-order valence-corrected chi connectivity index (χ2v) is 5.24. The molecule has 6 nitrogen and oxygen atoms in total. The number of rotatable bonds is 6. The predicted molar refractivity (Wildman–Crippen MR) is 77.7 cm³/mol. The molecule has 1 unspecified atom stereocenters. The van der Waals surface area contributed by atoms with Gasteiger partial charge in [-0.3, -0.25) is 14.4 Å². The molecule has 120 valence electrons. The van der Waals surface area contributed by atoms with Gasteiger partial charge >= 0.3 is 5.97 Å². The number of carbonyl (C=O) groups excluding carboxylic acids is 2. The summed E-state index contributed by atoms with van der Waals surface area (Å²) in [6.07, 6.45) is 0. The van der Waals surface area contributed by atoms with Crippen LogP contribution in [0.1, 0.15) is 31.1 Å². The lowest BCUT2D eigenvalue weighted by molar-refractivity contribution is -0.141. The number of halogens is 1. The summed E-state index contributed by atoms with van der Waals surface area (Å²) in [7, 11) is 0. The van der Waals surface area contributed by atoms with Crippen LogP contribution in [0.25, 0.3) is 0 Å². The van der Waals surface area contributed by atoms with Crippen LogP contribution in [0.5, 0.6) is 0 Å². The van der Waals surface area contributed by atoms with E-state index >= 15 is 0 Å². The lowest BCUT2D eigenvalue weighted by atomic mass is 10.0. The molecule has 0 bridgehead atoms. The number of hydrogen-bond acceptors (Lipinski definition) is 3. The molecule has 0 aliphatic heterocycles. The monoisotopic (exact) mass is 310 g/mol. The van der Waals surface area contributed by atoms with Crippen molar-refractivity contribution in [3.05, 3.63) is 35.6 Å². The van der Waals surface area contributed by atoms with Crippen molar-refractivity contribution in [1.82, 2.24) is 10.6 Å². The zero-order valence-electron chi connectivity index (χ0n) is 12.6. The van der Waals surface area contributed by atoms with E-state index in [1.165, 1.54) is 25.1 Å². The Balaban J connectivity index is 2.84. The Bertz CT molecular complexity index is 574. The van der Waals surface area contributed by atoms with Gasteiger partial charge in [0.05, 0.1) is 5.56 Å². The van der Waals surface area contributed by atoms with Crippen molar-refractivity contribution in [3.63, 3.8) is 0 Å². The van der Waals surface area contributed by atoms with Crippen LogP contribution in [-0.4, -0.2) is 35.0 Å². The molecule has 0 aromatic heterocycles. The summed E-state index contributed by atoms with van der Waals surface area (Å²) >= 11 is 0. The van der Waals surface area contributed by atoms with E-state index in [9.17, 15) is 18.8 Å². The predicted octanol–water partition coefficient (Wildman–Crippen LogP) is 1.17. The minimum absolute atomic E-state index is 0.174. The second kappa shape index (κ2) is 7.53. The number of carbonyl (C=O) groups is 3. The third-order valence-corrected chi connectivity index (χ3v) is 3.08. The fraction of sp³-hybridized carbons (Fsp3) is 0.400. The van der Waals surface area contributed by atoms with Gasteiger partial charge in [-0.05, 0) is 25.0 Å². The highest BCUT2D eigenvalue weighted by Crippen LogP contribution is 2.09. The fourth-order valence-electron chi connectivity index (χ4n) is 1.76. The minimum Gasteiger partial charge on any atom is -0.480 e. The molecule has 0 fully saturated rings. The molecule has 1 aromatic carbocycles. The van der Waals surface area contributed by atoms with Crippen molar-refractivity contribution in [2.75, 3.05) is 0 Å². The van der Waals surface area contributed by atoms with Crippen LogP contribution < -0.4 is 10.6 Å². The van der Waals surface area contributed by atoms with E-state index in [1.807, 2.05) is 0 Å². The SMILES string of the molecule is CC(C)C(NC(=O)c1ccccc1F)C(=O)N[C@@H](C)C(=O)O. The maximum atomic E-state index is 13.6. The maximum absolute atomic E-state index is 13.6. The van der Waals surface area contributed by atoms with Gasteiger partial charge in [0.1, 0.15) is 17.9 Å². The van der Waals surface area contributed by atoms with Crippen LogP contribution in [0.4, 0.5) is 4.39 Å². The topological polar surface area (TPSA) is 95.5 Å². The summed E-state index contributed by atoms with van der Waals surface area (Å²) in [5.74, 6) is -3.53. The Morgan fingerprint density at radius 2 is 1.68 bits per heavy atom. The average Bonchev–Trinajstić information content (AvgIpc) is 2.44. The molecule has 1 rings (SSSR count). The van der Waals surface area contributed by atoms with Crippen LogP contribution in [0, 0.1) is 11.7 Å². The van der Waals surface area contributed by atoms with Crippen LogP contribution in [0.15, 0.2) is 24.3 Å². The smallest absolute Gasteiger partial charge is 0.325 e. The molecule has 2 atom stereocenters. The summed E-state index contributed by atoms with van der Waals surface area (Å²) < 4.78 is 13.6. The number of carboxylic acid groups (broad SMARTS) is 1. The number of nitrogens with one attached hydrogen (secondary N) is 2. The highest BCUT2D eigenvalue weighted by Gasteiger charge is 2.27. The van der Waals surface area contributed by atoms with Crippen molar-refractivity contribution < 1.29 is 23.9 Å². The van der Waals surface area contributed by atoms with Crippen LogP contribution >= 0.6 is 0 Å². The summed E-state index contributed by atoms with van der Waals surface area (Å²) in [6.45, 7) is 4.70. The van der Waals surface area contributed by atoms with Gasteiger partial charge in [-0.15, -0.1) is 0 Å². The molecule has 0 aliphatic carbocycles. The first kappa shape index (κ1) is 17.6. The molecule has 0 aliphatic rings. The van der Waals surface area contributed by atoms with Crippen LogP contribution in [0.2, 0.25) is 0 Å². The zero-order chi connectivity index (χ0) is 16.9. The average molecular weight is 310 g/mol. The first-order valence-electron chi connectivity index (χ1n) is 6.82. The third kappa shape index (κ3) is 4.54. The quantitative estimate of drug-likeness (QED) is 0.735. The Hall–Kier alpha value is -2.44. The van der Waals surface area contributed by atoms with Gasteiger partial charge in [0, 0.05) is 0 Å². The molecular weight excluding hydrogens is 291 g/mol. The Morgan fingerprint density at radius 1 is 1.09 bits per heavy atom. The van der Waals surface area contributed by atoms with Crippen molar-refractivity contribution in [3.8, 4) is 0 Å². The molecule has 0 radical (unpaired) electrons. The van der Waals surface area contributed by atoms with E-state index in [0.717, 1.165) is 6.07 Å². The van der Waals surface area contributed by atoms with E-state index in [-0.39, 0.29) is 11.5 Å². The van der Waals surface area contributed by atoms with E-state index in [1.54, 1.807) is 13.8 Å². The summed E-state index contributed by atoms with van der Waals surface area (Å²) in [4.78, 5) is 34.9. The standard InChI is InChI=1S/C15H19FN2O4/c1-8(2)12(14(20)17-9(3)15(21)22)18-13(19)10-6-4-5-7-11(10)16/h4-9,12H,1-3H3,(H,17,20)(H,18,19)(H,21,22)/t9-,12?/m0/s1.